The highest BCUT2D eigenvalue weighted by molar-refractivity contribution is 9.10. The fourth-order valence-corrected chi connectivity index (χ4v) is 3.20. The van der Waals surface area contributed by atoms with Crippen LogP contribution in [0.5, 0.6) is 5.75 Å². The minimum Gasteiger partial charge on any atom is -0.497 e. The maximum Gasteiger partial charge on any atom is 0.165 e. The highest BCUT2D eigenvalue weighted by Gasteiger charge is 2.17. The van der Waals surface area contributed by atoms with Crippen LogP contribution in [0.4, 0.5) is 5.69 Å². The first kappa shape index (κ1) is 18.2. The van der Waals surface area contributed by atoms with E-state index in [1.807, 2.05) is 78.9 Å². The van der Waals surface area contributed by atoms with Crippen LogP contribution in [0.15, 0.2) is 83.3 Å². The van der Waals surface area contributed by atoms with E-state index in [0.29, 0.717) is 12.0 Å². The summed E-state index contributed by atoms with van der Waals surface area (Å²) in [5.41, 5.74) is 2.73. The maximum absolute atomic E-state index is 12.8. The van der Waals surface area contributed by atoms with Gasteiger partial charge in [0.25, 0.3) is 0 Å². The van der Waals surface area contributed by atoms with Crippen molar-refractivity contribution in [3.05, 3.63) is 94.5 Å². The average molecular weight is 410 g/mol. The van der Waals surface area contributed by atoms with E-state index in [1.54, 1.807) is 7.11 Å². The number of ether oxygens (including phenoxy) is 1. The number of carbonyl (C=O) groups excluding carboxylic acids is 1. The van der Waals surface area contributed by atoms with Gasteiger partial charge in [-0.15, -0.1) is 0 Å². The molecule has 1 unspecified atom stereocenters. The molecule has 1 N–H and O–H groups in total. The van der Waals surface area contributed by atoms with Crippen LogP contribution >= 0.6 is 15.9 Å². The maximum atomic E-state index is 12.8. The summed E-state index contributed by atoms with van der Waals surface area (Å²) >= 11 is 3.49. The van der Waals surface area contributed by atoms with Gasteiger partial charge in [0.2, 0.25) is 0 Å². The summed E-state index contributed by atoms with van der Waals surface area (Å²) in [4.78, 5) is 12.8. The number of hydrogen-bond donors (Lipinski definition) is 1. The van der Waals surface area contributed by atoms with E-state index < -0.39 is 0 Å². The number of halogens is 1. The monoisotopic (exact) mass is 409 g/mol. The molecule has 4 heteroatoms. The number of benzene rings is 3. The van der Waals surface area contributed by atoms with Crippen LogP contribution in [0, 0.1) is 0 Å². The van der Waals surface area contributed by atoms with Crippen LogP contribution in [0.3, 0.4) is 0 Å². The molecule has 0 saturated carbocycles. The van der Waals surface area contributed by atoms with Gasteiger partial charge in [0, 0.05) is 22.1 Å². The van der Waals surface area contributed by atoms with Crippen LogP contribution in [0.2, 0.25) is 0 Å². The minimum atomic E-state index is -0.111. The van der Waals surface area contributed by atoms with Crippen LogP contribution in [0.25, 0.3) is 0 Å². The molecular formula is C22H20BrNO2. The van der Waals surface area contributed by atoms with E-state index in [4.69, 9.17) is 4.74 Å². The summed E-state index contributed by atoms with van der Waals surface area (Å²) in [5, 5.41) is 3.48. The third-order valence-electron chi connectivity index (χ3n) is 4.17. The Bertz CT molecular complexity index is 863. The van der Waals surface area contributed by atoms with E-state index >= 15 is 0 Å². The molecule has 3 rings (SSSR count). The van der Waals surface area contributed by atoms with Crippen molar-refractivity contribution in [1.82, 2.24) is 0 Å². The summed E-state index contributed by atoms with van der Waals surface area (Å²) < 4.78 is 6.16. The lowest BCUT2D eigenvalue weighted by Gasteiger charge is -2.20. The van der Waals surface area contributed by atoms with E-state index in [2.05, 4.69) is 21.2 Å². The van der Waals surface area contributed by atoms with Gasteiger partial charge in [0.1, 0.15) is 5.75 Å². The number of anilines is 1. The molecule has 0 aliphatic carbocycles. The predicted molar refractivity (Wildman–Crippen MR) is 109 cm³/mol. The quantitative estimate of drug-likeness (QED) is 0.494. The molecule has 0 heterocycles. The molecular weight excluding hydrogens is 390 g/mol. The van der Waals surface area contributed by atoms with Crippen LogP contribution in [-0.4, -0.2) is 12.9 Å². The molecule has 3 aromatic rings. The molecule has 0 aliphatic heterocycles. The molecule has 3 aromatic carbocycles. The zero-order valence-corrected chi connectivity index (χ0v) is 16.1. The van der Waals surface area contributed by atoms with Gasteiger partial charge >= 0.3 is 0 Å². The molecule has 1 atom stereocenters. The standard InChI is InChI=1S/C22H20BrNO2/c1-26-20-12-10-17(11-13-20)22(25)15-21(16-6-3-2-4-7-16)24-19-9-5-8-18(23)14-19/h2-14,21,24H,15H2,1H3. The van der Waals surface area contributed by atoms with Crippen LogP contribution in [0.1, 0.15) is 28.4 Å². The Morgan fingerprint density at radius 3 is 2.38 bits per heavy atom. The lowest BCUT2D eigenvalue weighted by atomic mass is 9.97. The average Bonchev–Trinajstić information content (AvgIpc) is 2.68. The van der Waals surface area contributed by atoms with Crippen LogP contribution < -0.4 is 10.1 Å². The third-order valence-corrected chi connectivity index (χ3v) is 4.66. The van der Waals surface area contributed by atoms with Gasteiger partial charge in [-0.3, -0.25) is 4.79 Å². The largest absolute Gasteiger partial charge is 0.497 e. The highest BCUT2D eigenvalue weighted by atomic mass is 79.9. The zero-order valence-electron chi connectivity index (χ0n) is 14.5. The fraction of sp³-hybridized carbons (Fsp3) is 0.136. The van der Waals surface area contributed by atoms with E-state index in [1.165, 1.54) is 0 Å². The van der Waals surface area contributed by atoms with Gasteiger partial charge in [-0.2, -0.15) is 0 Å². The molecule has 0 amide bonds. The lowest BCUT2D eigenvalue weighted by molar-refractivity contribution is 0.0976. The number of hydrogen-bond acceptors (Lipinski definition) is 3. The second-order valence-corrected chi connectivity index (χ2v) is 6.89. The molecule has 0 aliphatic rings. The topological polar surface area (TPSA) is 38.3 Å². The lowest BCUT2D eigenvalue weighted by Crippen LogP contribution is -2.15. The fourth-order valence-electron chi connectivity index (χ4n) is 2.80. The number of carbonyl (C=O) groups is 1. The Kier molecular flexibility index (Phi) is 6.08. The van der Waals surface area contributed by atoms with Crippen molar-refractivity contribution in [1.29, 1.82) is 0 Å². The number of methoxy groups -OCH3 is 1. The molecule has 132 valence electrons. The predicted octanol–water partition coefficient (Wildman–Crippen LogP) is 5.88. The number of ketones is 1. The summed E-state index contributed by atoms with van der Waals surface area (Å²) in [6, 6.07) is 25.1. The molecule has 0 bridgehead atoms. The summed E-state index contributed by atoms with van der Waals surface area (Å²) in [6.07, 6.45) is 0.364. The van der Waals surface area contributed by atoms with Gasteiger partial charge in [-0.25, -0.2) is 0 Å². The molecule has 3 nitrogen and oxygen atoms in total. The highest BCUT2D eigenvalue weighted by Crippen LogP contribution is 2.26. The Morgan fingerprint density at radius 1 is 1.00 bits per heavy atom. The van der Waals surface area contributed by atoms with Gasteiger partial charge in [-0.05, 0) is 48.0 Å². The first-order valence-corrected chi connectivity index (χ1v) is 9.19. The van der Waals surface area contributed by atoms with Crippen molar-refractivity contribution in [2.45, 2.75) is 12.5 Å². The van der Waals surface area contributed by atoms with Gasteiger partial charge in [0.15, 0.2) is 5.78 Å². The minimum absolute atomic E-state index is 0.0870. The van der Waals surface area contributed by atoms with Crippen molar-refractivity contribution in [2.24, 2.45) is 0 Å². The second-order valence-electron chi connectivity index (χ2n) is 5.97. The van der Waals surface area contributed by atoms with Gasteiger partial charge < -0.3 is 10.1 Å². The van der Waals surface area contributed by atoms with Crippen molar-refractivity contribution in [3.8, 4) is 5.75 Å². The van der Waals surface area contributed by atoms with Gasteiger partial charge in [-0.1, -0.05) is 52.3 Å². The third kappa shape index (κ3) is 4.73. The Morgan fingerprint density at radius 2 is 1.73 bits per heavy atom. The first-order chi connectivity index (χ1) is 12.7. The normalized spacial score (nSPS) is 11.6. The molecule has 0 aromatic heterocycles. The molecule has 0 radical (unpaired) electrons. The smallest absolute Gasteiger partial charge is 0.165 e. The second kappa shape index (κ2) is 8.68. The SMILES string of the molecule is COc1ccc(C(=O)CC(Nc2cccc(Br)c2)c2ccccc2)cc1. The number of Topliss-reactive ketones (excluding diaryl/α,β-unsaturated/α-hetero) is 1. The molecule has 0 fully saturated rings. The molecule has 0 saturated heterocycles. The van der Waals surface area contributed by atoms with E-state index in [0.717, 1.165) is 21.5 Å². The van der Waals surface area contributed by atoms with Crippen molar-refractivity contribution >= 4 is 27.4 Å². The van der Waals surface area contributed by atoms with Crippen molar-refractivity contribution < 1.29 is 9.53 Å². The van der Waals surface area contributed by atoms with Crippen LogP contribution in [-0.2, 0) is 0 Å². The molecule has 26 heavy (non-hydrogen) atoms. The zero-order chi connectivity index (χ0) is 18.4. The number of rotatable bonds is 7. The van der Waals surface area contributed by atoms with Crippen molar-refractivity contribution in [2.75, 3.05) is 12.4 Å². The molecule has 0 spiro atoms. The number of nitrogens with one attached hydrogen (secondary N) is 1. The summed E-state index contributed by atoms with van der Waals surface area (Å²) in [5.74, 6) is 0.831. The van der Waals surface area contributed by atoms with E-state index in [-0.39, 0.29) is 11.8 Å². The Labute approximate surface area is 162 Å². The van der Waals surface area contributed by atoms with Gasteiger partial charge in [0.05, 0.1) is 13.2 Å². The summed E-state index contributed by atoms with van der Waals surface area (Å²) in [7, 11) is 1.62. The Balaban J connectivity index is 1.82. The first-order valence-electron chi connectivity index (χ1n) is 8.40. The summed E-state index contributed by atoms with van der Waals surface area (Å²) in [6.45, 7) is 0. The van der Waals surface area contributed by atoms with Crippen molar-refractivity contribution in [3.63, 3.8) is 0 Å². The van der Waals surface area contributed by atoms with E-state index in [9.17, 15) is 4.79 Å². The Hall–Kier alpha value is -2.59.